The van der Waals surface area contributed by atoms with Gasteiger partial charge in [-0.05, 0) is 31.9 Å². The van der Waals surface area contributed by atoms with Crippen LogP contribution in [0.25, 0.3) is 0 Å². The molecule has 0 spiro atoms. The molecular formula is C15H25N3O3. The van der Waals surface area contributed by atoms with Gasteiger partial charge in [-0.15, -0.1) is 0 Å². The first-order valence-electron chi connectivity index (χ1n) is 7.36. The van der Waals surface area contributed by atoms with Crippen LogP contribution in [0.2, 0.25) is 0 Å². The van der Waals surface area contributed by atoms with E-state index in [2.05, 4.69) is 24.5 Å². The fourth-order valence-corrected chi connectivity index (χ4v) is 2.04. The second-order valence-corrected chi connectivity index (χ2v) is 5.14. The van der Waals surface area contributed by atoms with E-state index in [4.69, 9.17) is 4.74 Å². The summed E-state index contributed by atoms with van der Waals surface area (Å²) in [5.74, 6) is 0.305. The minimum absolute atomic E-state index is 0.0283. The molecule has 0 aromatic heterocycles. The summed E-state index contributed by atoms with van der Waals surface area (Å²) in [6.07, 6.45) is 0. The van der Waals surface area contributed by atoms with Gasteiger partial charge in [0.2, 0.25) is 0 Å². The number of anilines is 2. The van der Waals surface area contributed by atoms with Crippen molar-refractivity contribution in [1.29, 1.82) is 0 Å². The summed E-state index contributed by atoms with van der Waals surface area (Å²) in [5.41, 5.74) is 1.14. The number of nitro benzene ring substituents is 1. The first-order valence-corrected chi connectivity index (χ1v) is 7.36. The summed E-state index contributed by atoms with van der Waals surface area (Å²) in [6, 6.07) is 5.30. The second-order valence-electron chi connectivity index (χ2n) is 5.14. The van der Waals surface area contributed by atoms with Crippen LogP contribution in [-0.2, 0) is 4.74 Å². The molecule has 1 rings (SSSR count). The van der Waals surface area contributed by atoms with Gasteiger partial charge in [0.1, 0.15) is 11.4 Å². The molecule has 1 atom stereocenters. The van der Waals surface area contributed by atoms with Crippen molar-refractivity contribution < 1.29 is 9.66 Å². The van der Waals surface area contributed by atoms with Crippen molar-refractivity contribution in [1.82, 2.24) is 0 Å². The molecule has 6 heteroatoms. The first kappa shape index (κ1) is 17.2. The maximum atomic E-state index is 11.4. The Balaban J connectivity index is 3.04. The lowest BCUT2D eigenvalue weighted by Gasteiger charge is -2.23. The average molecular weight is 295 g/mol. The average Bonchev–Trinajstić information content (AvgIpc) is 2.43. The zero-order chi connectivity index (χ0) is 15.8. The van der Waals surface area contributed by atoms with Crippen LogP contribution in [0, 0.1) is 16.0 Å². The molecule has 0 bridgehead atoms. The number of para-hydroxylation sites is 1. The lowest BCUT2D eigenvalue weighted by atomic mass is 10.0. The Hall–Kier alpha value is -1.82. The van der Waals surface area contributed by atoms with Gasteiger partial charge in [0.15, 0.2) is 0 Å². The summed E-state index contributed by atoms with van der Waals surface area (Å²) in [6.45, 7) is 9.77. The topological polar surface area (TPSA) is 76.4 Å². The van der Waals surface area contributed by atoms with Crippen LogP contribution in [0.1, 0.15) is 27.7 Å². The minimum atomic E-state index is -0.349. The molecule has 118 valence electrons. The Kier molecular flexibility index (Phi) is 6.94. The van der Waals surface area contributed by atoms with E-state index < -0.39 is 0 Å². The molecule has 0 fully saturated rings. The van der Waals surface area contributed by atoms with E-state index in [-0.39, 0.29) is 16.7 Å². The van der Waals surface area contributed by atoms with Crippen molar-refractivity contribution in [3.05, 3.63) is 28.3 Å². The molecule has 0 radical (unpaired) electrons. The van der Waals surface area contributed by atoms with Crippen molar-refractivity contribution in [2.45, 2.75) is 33.7 Å². The van der Waals surface area contributed by atoms with E-state index in [0.29, 0.717) is 37.1 Å². The quantitative estimate of drug-likeness (QED) is 0.538. The van der Waals surface area contributed by atoms with Crippen molar-refractivity contribution in [3.8, 4) is 0 Å². The molecule has 1 aromatic rings. The highest BCUT2D eigenvalue weighted by Gasteiger charge is 2.22. The van der Waals surface area contributed by atoms with E-state index in [1.54, 1.807) is 12.1 Å². The minimum Gasteiger partial charge on any atom is -0.380 e. The van der Waals surface area contributed by atoms with Crippen molar-refractivity contribution >= 4 is 17.1 Å². The molecule has 0 aliphatic heterocycles. The van der Waals surface area contributed by atoms with Crippen molar-refractivity contribution in [2.24, 2.45) is 5.92 Å². The normalized spacial score (nSPS) is 12.2. The zero-order valence-corrected chi connectivity index (χ0v) is 13.2. The summed E-state index contributed by atoms with van der Waals surface area (Å²) >= 11 is 0. The van der Waals surface area contributed by atoms with Gasteiger partial charge >= 0.3 is 5.69 Å². The van der Waals surface area contributed by atoms with Crippen LogP contribution in [0.15, 0.2) is 18.2 Å². The van der Waals surface area contributed by atoms with Crippen LogP contribution in [0.5, 0.6) is 0 Å². The molecule has 6 nitrogen and oxygen atoms in total. The van der Waals surface area contributed by atoms with E-state index in [0.717, 1.165) is 0 Å². The molecule has 0 aliphatic carbocycles. The van der Waals surface area contributed by atoms with Crippen molar-refractivity contribution in [3.63, 3.8) is 0 Å². The number of benzene rings is 1. The maximum absolute atomic E-state index is 11.4. The van der Waals surface area contributed by atoms with Gasteiger partial charge in [-0.3, -0.25) is 10.1 Å². The van der Waals surface area contributed by atoms with Gasteiger partial charge in [0, 0.05) is 13.2 Å². The fraction of sp³-hybridized carbons (Fsp3) is 0.600. The molecule has 0 aliphatic rings. The van der Waals surface area contributed by atoms with Gasteiger partial charge in [0.05, 0.1) is 17.6 Å². The van der Waals surface area contributed by atoms with Crippen LogP contribution >= 0.6 is 0 Å². The highest BCUT2D eigenvalue weighted by atomic mass is 16.6. The van der Waals surface area contributed by atoms with Gasteiger partial charge in [-0.1, -0.05) is 19.9 Å². The molecule has 0 saturated carbocycles. The van der Waals surface area contributed by atoms with Gasteiger partial charge < -0.3 is 15.4 Å². The second kappa shape index (κ2) is 8.46. The van der Waals surface area contributed by atoms with Gasteiger partial charge in [0.25, 0.3) is 0 Å². The number of hydrogen-bond donors (Lipinski definition) is 2. The number of nitrogens with one attached hydrogen (secondary N) is 2. The lowest BCUT2D eigenvalue weighted by Crippen LogP contribution is -2.31. The van der Waals surface area contributed by atoms with Crippen LogP contribution < -0.4 is 10.6 Å². The van der Waals surface area contributed by atoms with Crippen LogP contribution in [0.4, 0.5) is 17.1 Å². The van der Waals surface area contributed by atoms with E-state index in [9.17, 15) is 10.1 Å². The largest absolute Gasteiger partial charge is 0.380 e. The van der Waals surface area contributed by atoms with Crippen molar-refractivity contribution in [2.75, 3.05) is 30.4 Å². The smallest absolute Gasteiger partial charge is 0.315 e. The number of ether oxygens (including phenoxy) is 1. The Morgan fingerprint density at radius 1 is 1.29 bits per heavy atom. The molecular weight excluding hydrogens is 270 g/mol. The highest BCUT2D eigenvalue weighted by Crippen LogP contribution is 2.33. The monoisotopic (exact) mass is 295 g/mol. The SMILES string of the molecule is CCNc1cccc(NC(COCC)C(C)C)c1[N+](=O)[O-]. The number of nitrogens with zero attached hydrogens (tertiary/aromatic N) is 1. The number of hydrogen-bond acceptors (Lipinski definition) is 5. The Morgan fingerprint density at radius 2 is 1.95 bits per heavy atom. The third-order valence-electron chi connectivity index (χ3n) is 3.23. The summed E-state index contributed by atoms with van der Waals surface area (Å²) in [5, 5.41) is 17.7. The predicted octanol–water partition coefficient (Wildman–Crippen LogP) is 3.50. The molecule has 2 N–H and O–H groups in total. The van der Waals surface area contributed by atoms with Gasteiger partial charge in [-0.25, -0.2) is 0 Å². The van der Waals surface area contributed by atoms with E-state index in [1.165, 1.54) is 0 Å². The predicted molar refractivity (Wildman–Crippen MR) is 86.0 cm³/mol. The molecule has 0 amide bonds. The molecule has 0 heterocycles. The van der Waals surface area contributed by atoms with E-state index in [1.807, 2.05) is 19.9 Å². The Morgan fingerprint density at radius 3 is 2.48 bits per heavy atom. The van der Waals surface area contributed by atoms with Crippen LogP contribution in [0.3, 0.4) is 0 Å². The first-order chi connectivity index (χ1) is 10.0. The fourth-order valence-electron chi connectivity index (χ4n) is 2.04. The summed E-state index contributed by atoms with van der Waals surface area (Å²) < 4.78 is 5.46. The molecule has 21 heavy (non-hydrogen) atoms. The van der Waals surface area contributed by atoms with Crippen LogP contribution in [-0.4, -0.2) is 30.7 Å². The summed E-state index contributed by atoms with van der Waals surface area (Å²) in [7, 11) is 0. The van der Waals surface area contributed by atoms with Gasteiger partial charge in [-0.2, -0.15) is 0 Å². The molecule has 1 unspecified atom stereocenters. The molecule has 1 aromatic carbocycles. The van der Waals surface area contributed by atoms with E-state index >= 15 is 0 Å². The lowest BCUT2D eigenvalue weighted by molar-refractivity contribution is -0.383. The molecule has 0 saturated heterocycles. The standard InChI is InChI=1S/C15H25N3O3/c1-5-16-12-8-7-9-13(15(12)18(19)20)17-14(11(3)4)10-21-6-2/h7-9,11,14,16-17H,5-6,10H2,1-4H3. The summed E-state index contributed by atoms with van der Waals surface area (Å²) in [4.78, 5) is 11.0. The third-order valence-corrected chi connectivity index (χ3v) is 3.23. The zero-order valence-electron chi connectivity index (χ0n) is 13.2. The number of rotatable bonds is 9. The Bertz CT molecular complexity index is 463. The maximum Gasteiger partial charge on any atom is 0.315 e. The Labute approximate surface area is 126 Å². The third kappa shape index (κ3) is 4.90. The number of nitro groups is 1. The highest BCUT2D eigenvalue weighted by molar-refractivity contribution is 5.76.